The smallest absolute Gasteiger partial charge is 0.416 e. The first-order valence-corrected chi connectivity index (χ1v) is 15.7. The van der Waals surface area contributed by atoms with Crippen molar-refractivity contribution in [3.05, 3.63) is 111 Å². The third-order valence-electron chi connectivity index (χ3n) is 9.40. The van der Waals surface area contributed by atoms with Crippen molar-refractivity contribution in [2.45, 2.75) is 63.4 Å². The summed E-state index contributed by atoms with van der Waals surface area (Å²) in [4.78, 5) is 26.3. The molecule has 0 radical (unpaired) electrons. The number of rotatable bonds is 6. The lowest BCUT2D eigenvalue weighted by molar-refractivity contribution is -0.143. The number of ether oxygens (including phenoxy) is 2. The van der Waals surface area contributed by atoms with E-state index in [0.29, 0.717) is 28.8 Å². The Hall–Kier alpha value is -5.08. The van der Waals surface area contributed by atoms with Gasteiger partial charge < -0.3 is 9.47 Å². The minimum absolute atomic E-state index is 0.0178. The summed E-state index contributed by atoms with van der Waals surface area (Å²) in [6, 6.07) is 8.18. The summed E-state index contributed by atoms with van der Waals surface area (Å²) < 4.78 is 151. The molecule has 0 aromatic heterocycles. The number of methoxy groups -OCH3 is 1. The molecule has 0 aliphatic carbocycles. The van der Waals surface area contributed by atoms with Crippen molar-refractivity contribution in [1.29, 1.82) is 0 Å². The summed E-state index contributed by atoms with van der Waals surface area (Å²) in [5, 5.41) is 0. The van der Waals surface area contributed by atoms with Gasteiger partial charge in [-0.1, -0.05) is 18.2 Å². The molecule has 0 unspecified atom stereocenters. The van der Waals surface area contributed by atoms with Crippen LogP contribution in [-0.2, 0) is 23.3 Å². The summed E-state index contributed by atoms with van der Waals surface area (Å²) in [5.41, 5.74) is -3.53. The normalized spacial score (nSPS) is 19.1. The second-order valence-electron chi connectivity index (χ2n) is 12.6. The molecule has 0 saturated carbocycles. The van der Waals surface area contributed by atoms with Gasteiger partial charge in [0, 0.05) is 22.8 Å². The quantitative estimate of drug-likeness (QED) is 0.146. The van der Waals surface area contributed by atoms with Crippen LogP contribution < -0.4 is 4.74 Å². The number of halogens is 10. The van der Waals surface area contributed by atoms with Crippen LogP contribution in [0.2, 0.25) is 0 Å². The molecule has 2 fully saturated rings. The van der Waals surface area contributed by atoms with E-state index in [1.165, 1.54) is 32.2 Å². The van der Waals surface area contributed by atoms with Gasteiger partial charge in [-0.15, -0.1) is 0 Å². The zero-order chi connectivity index (χ0) is 38.1. The topological polar surface area (TPSA) is 55.8 Å². The molecule has 4 aromatic rings. The van der Waals surface area contributed by atoms with Crippen molar-refractivity contribution in [2.24, 2.45) is 0 Å². The number of hydrogen-bond donors (Lipinski definition) is 0. The van der Waals surface area contributed by atoms with Crippen molar-refractivity contribution < 1.29 is 63.0 Å². The summed E-state index contributed by atoms with van der Waals surface area (Å²) >= 11 is 0. The maximum Gasteiger partial charge on any atom is 0.416 e. The highest BCUT2D eigenvalue weighted by atomic mass is 19.4. The first-order valence-electron chi connectivity index (χ1n) is 15.7. The average Bonchev–Trinajstić information content (AvgIpc) is 3.64. The van der Waals surface area contributed by atoms with Crippen LogP contribution in [-0.4, -0.2) is 29.9 Å². The largest absolute Gasteiger partial charge is 0.496 e. The molecule has 274 valence electrons. The molecule has 15 heteroatoms. The number of aryl methyl sites for hydroxylation is 1. The van der Waals surface area contributed by atoms with E-state index in [9.17, 15) is 49.1 Å². The second-order valence-corrected chi connectivity index (χ2v) is 12.6. The lowest BCUT2D eigenvalue weighted by atomic mass is 9.88. The fourth-order valence-electron chi connectivity index (χ4n) is 6.97. The molecule has 2 aliphatic heterocycles. The molecular formula is C37H27F10NO4. The molecule has 2 heterocycles. The average molecular weight is 740 g/mol. The summed E-state index contributed by atoms with van der Waals surface area (Å²) in [7, 11) is 1.22. The third kappa shape index (κ3) is 6.68. The minimum Gasteiger partial charge on any atom is -0.496 e. The molecule has 2 aliphatic rings. The molecule has 3 atom stereocenters. The van der Waals surface area contributed by atoms with Crippen LogP contribution >= 0.6 is 0 Å². The number of carbonyl (C=O) groups is 2. The first kappa shape index (κ1) is 36.7. The molecule has 6 rings (SSSR count). The zero-order valence-corrected chi connectivity index (χ0v) is 27.4. The number of Topliss-reactive ketones (excluding diaryl/α,β-unsaturated/α-hetero) is 1. The maximum absolute atomic E-state index is 15.6. The molecule has 2 saturated heterocycles. The van der Waals surface area contributed by atoms with E-state index in [2.05, 4.69) is 0 Å². The summed E-state index contributed by atoms with van der Waals surface area (Å²) in [6.45, 7) is 3.00. The Kier molecular flexibility index (Phi) is 9.07. The lowest BCUT2D eigenvalue weighted by Gasteiger charge is -2.26. The lowest BCUT2D eigenvalue weighted by Crippen LogP contribution is -2.31. The highest BCUT2D eigenvalue weighted by Gasteiger charge is 2.52. The van der Waals surface area contributed by atoms with E-state index in [1.807, 2.05) is 0 Å². The Morgan fingerprint density at radius 3 is 1.92 bits per heavy atom. The molecule has 0 bridgehead atoms. The van der Waals surface area contributed by atoms with Crippen LogP contribution in [0, 0.1) is 12.7 Å². The van der Waals surface area contributed by atoms with Crippen molar-refractivity contribution in [3.63, 3.8) is 0 Å². The van der Waals surface area contributed by atoms with Gasteiger partial charge in [-0.25, -0.2) is 9.18 Å². The molecule has 52 heavy (non-hydrogen) atoms. The Morgan fingerprint density at radius 2 is 1.37 bits per heavy atom. The molecule has 0 N–H and O–H groups in total. The fraction of sp³-hybridized carbons (Fsp3) is 0.297. The fourth-order valence-corrected chi connectivity index (χ4v) is 6.97. The Bertz CT molecular complexity index is 2050. The van der Waals surface area contributed by atoms with Crippen LogP contribution in [0.25, 0.3) is 22.3 Å². The first-order chi connectivity index (χ1) is 24.2. The van der Waals surface area contributed by atoms with Gasteiger partial charge in [-0.05, 0) is 97.0 Å². The van der Waals surface area contributed by atoms with E-state index < -0.39 is 70.9 Å². The van der Waals surface area contributed by atoms with Crippen LogP contribution in [0.5, 0.6) is 5.75 Å². The van der Waals surface area contributed by atoms with Gasteiger partial charge in [0.1, 0.15) is 17.7 Å². The zero-order valence-electron chi connectivity index (χ0n) is 27.4. The van der Waals surface area contributed by atoms with E-state index in [0.717, 1.165) is 29.2 Å². The number of carbonyl (C=O) groups excluding carboxylic acids is 2. The number of fused-ring (bicyclic) bond motifs is 1. The van der Waals surface area contributed by atoms with Gasteiger partial charge in [-0.2, -0.15) is 39.5 Å². The molecule has 0 spiro atoms. The van der Waals surface area contributed by atoms with E-state index in [4.69, 9.17) is 9.47 Å². The summed E-state index contributed by atoms with van der Waals surface area (Å²) in [5.74, 6) is -1.06. The van der Waals surface area contributed by atoms with Gasteiger partial charge in [0.05, 0.1) is 35.9 Å². The van der Waals surface area contributed by atoms with Crippen LogP contribution in [0.1, 0.15) is 75.6 Å². The summed E-state index contributed by atoms with van der Waals surface area (Å²) in [6.07, 6.45) is -18.1. The number of hydrogen-bond acceptors (Lipinski definition) is 4. The van der Waals surface area contributed by atoms with Crippen molar-refractivity contribution in [2.75, 3.05) is 7.11 Å². The molecule has 4 aromatic carbocycles. The standard InChI is InChI=1S/C37H27F10NO4/c1-17-10-19(18(2)49)4-6-24(17)26-15-28(32(51-3)16-29(26)38)25-7-5-21(35(39,40)41)14-27(25)30-8-9-31-33(52-34(50)48(30)31)20-11-22(36(42,43)44)13-23(12-20)37(45,46)47/h4-7,10-16,30-31,33H,8-9H2,1-3H3/t30-,31-,33+/m0/s1. The van der Waals surface area contributed by atoms with Gasteiger partial charge >= 0.3 is 24.6 Å². The van der Waals surface area contributed by atoms with Gasteiger partial charge in [0.15, 0.2) is 5.78 Å². The molecule has 1 amide bonds. The highest BCUT2D eigenvalue weighted by Crippen LogP contribution is 2.52. The third-order valence-corrected chi connectivity index (χ3v) is 9.40. The van der Waals surface area contributed by atoms with Crippen LogP contribution in [0.4, 0.5) is 48.7 Å². The maximum atomic E-state index is 15.6. The van der Waals surface area contributed by atoms with E-state index in [1.54, 1.807) is 13.0 Å². The monoisotopic (exact) mass is 739 g/mol. The minimum atomic E-state index is -5.18. The number of alkyl halides is 9. The molecule has 5 nitrogen and oxygen atoms in total. The van der Waals surface area contributed by atoms with Crippen molar-refractivity contribution in [1.82, 2.24) is 4.90 Å². The van der Waals surface area contributed by atoms with Crippen molar-refractivity contribution >= 4 is 11.9 Å². The van der Waals surface area contributed by atoms with Crippen LogP contribution in [0.15, 0.2) is 66.7 Å². The number of cyclic esters (lactones) is 1. The second kappa shape index (κ2) is 12.8. The number of amides is 1. The van der Waals surface area contributed by atoms with Crippen molar-refractivity contribution in [3.8, 4) is 28.0 Å². The van der Waals surface area contributed by atoms with Gasteiger partial charge in [-0.3, -0.25) is 9.69 Å². The van der Waals surface area contributed by atoms with E-state index in [-0.39, 0.29) is 52.7 Å². The number of ketones is 1. The highest BCUT2D eigenvalue weighted by molar-refractivity contribution is 5.95. The molecular weight excluding hydrogens is 712 g/mol. The van der Waals surface area contributed by atoms with Gasteiger partial charge in [0.2, 0.25) is 0 Å². The number of benzene rings is 4. The number of nitrogens with zero attached hydrogens (tertiary/aromatic N) is 1. The van der Waals surface area contributed by atoms with E-state index >= 15 is 4.39 Å². The predicted molar refractivity (Wildman–Crippen MR) is 167 cm³/mol. The van der Waals surface area contributed by atoms with Crippen LogP contribution in [0.3, 0.4) is 0 Å². The Balaban J connectivity index is 1.48. The Labute approximate surface area is 289 Å². The Morgan fingerprint density at radius 1 is 0.750 bits per heavy atom. The predicted octanol–water partition coefficient (Wildman–Crippen LogP) is 11.1. The SMILES string of the molecule is COc1cc(F)c(-c2ccc(C(C)=O)cc2C)cc1-c1ccc(C(F)(F)F)cc1[C@@H]1CC[C@H]2[C@@H](c3cc(C(F)(F)F)cc(C(F)(F)F)c3)OC(=O)N12. The van der Waals surface area contributed by atoms with Gasteiger partial charge in [0.25, 0.3) is 0 Å².